The third kappa shape index (κ3) is 3.94. The molecule has 0 saturated carbocycles. The van der Waals surface area contributed by atoms with E-state index in [0.717, 1.165) is 62.3 Å². The van der Waals surface area contributed by atoms with E-state index in [2.05, 4.69) is 63.0 Å². The van der Waals surface area contributed by atoms with Crippen molar-refractivity contribution in [1.29, 1.82) is 5.26 Å². The first kappa shape index (κ1) is 21.5. The number of likely N-dealkylation sites (tertiary alicyclic amines) is 1. The van der Waals surface area contributed by atoms with Crippen LogP contribution in [0.4, 0.5) is 5.69 Å². The Morgan fingerprint density at radius 2 is 2.06 bits per heavy atom. The third-order valence-electron chi connectivity index (χ3n) is 7.34. The molecule has 3 aliphatic rings. The molecule has 0 radical (unpaired) electrons. The lowest BCUT2D eigenvalue weighted by Gasteiger charge is -2.44. The van der Waals surface area contributed by atoms with Crippen LogP contribution >= 0.6 is 0 Å². The van der Waals surface area contributed by atoms with Gasteiger partial charge in [-0.25, -0.2) is 0 Å². The molecule has 0 spiro atoms. The van der Waals surface area contributed by atoms with Gasteiger partial charge < -0.3 is 15.0 Å². The largest absolute Gasteiger partial charge is 0.370 e. The first-order chi connectivity index (χ1) is 16.6. The monoisotopic (exact) mass is 457 g/mol. The molecule has 6 rings (SSSR count). The predicted octanol–water partition coefficient (Wildman–Crippen LogP) is 2.49. The van der Waals surface area contributed by atoms with Crippen molar-refractivity contribution in [1.82, 2.24) is 25.0 Å². The highest BCUT2D eigenvalue weighted by Gasteiger charge is 2.34. The highest BCUT2D eigenvalue weighted by Crippen LogP contribution is 2.31. The Kier molecular flexibility index (Phi) is 5.48. The quantitative estimate of drug-likeness (QED) is 0.645. The molecule has 34 heavy (non-hydrogen) atoms. The van der Waals surface area contributed by atoms with Crippen LogP contribution in [-0.2, 0) is 17.7 Å². The van der Waals surface area contributed by atoms with Crippen molar-refractivity contribution in [2.24, 2.45) is 0 Å². The molecule has 0 aliphatic carbocycles. The summed E-state index contributed by atoms with van der Waals surface area (Å²) >= 11 is 0. The van der Waals surface area contributed by atoms with E-state index in [9.17, 15) is 5.26 Å². The number of rotatable bonds is 4. The molecule has 8 nitrogen and oxygen atoms in total. The smallest absolute Gasteiger partial charge is 0.101 e. The zero-order valence-corrected chi connectivity index (χ0v) is 19.8. The van der Waals surface area contributed by atoms with Gasteiger partial charge in [0.05, 0.1) is 35.0 Å². The van der Waals surface area contributed by atoms with Gasteiger partial charge in [-0.1, -0.05) is 0 Å². The van der Waals surface area contributed by atoms with Crippen LogP contribution in [0, 0.1) is 11.3 Å². The number of hydrogen-bond donors (Lipinski definition) is 1. The molecule has 2 fully saturated rings. The van der Waals surface area contributed by atoms with Gasteiger partial charge >= 0.3 is 0 Å². The number of nitrogens with one attached hydrogen (secondary N) is 1. The summed E-state index contributed by atoms with van der Waals surface area (Å²) in [6, 6.07) is 11.2. The normalized spacial score (nSPS) is 25.7. The predicted molar refractivity (Wildman–Crippen MR) is 131 cm³/mol. The molecule has 0 amide bonds. The summed E-state index contributed by atoms with van der Waals surface area (Å²) in [5.74, 6) is 0. The fraction of sp³-hybridized carbons (Fsp3) is 0.500. The second-order valence-corrected chi connectivity index (χ2v) is 10.1. The highest BCUT2D eigenvalue weighted by atomic mass is 16.5. The molecule has 0 bridgehead atoms. The minimum Gasteiger partial charge on any atom is -0.370 e. The van der Waals surface area contributed by atoms with Crippen molar-refractivity contribution in [3.05, 3.63) is 53.5 Å². The fourth-order valence-electron chi connectivity index (χ4n) is 5.63. The second kappa shape index (κ2) is 8.66. The summed E-state index contributed by atoms with van der Waals surface area (Å²) in [5.41, 5.74) is 5.13. The van der Waals surface area contributed by atoms with Crippen LogP contribution in [0.1, 0.15) is 36.7 Å². The van der Waals surface area contributed by atoms with E-state index >= 15 is 0 Å². The highest BCUT2D eigenvalue weighted by molar-refractivity contribution is 5.95. The number of fused-ring (bicyclic) bond motifs is 2. The minimum absolute atomic E-state index is 0.142. The van der Waals surface area contributed by atoms with E-state index in [-0.39, 0.29) is 12.2 Å². The van der Waals surface area contributed by atoms with Gasteiger partial charge in [-0.2, -0.15) is 10.4 Å². The van der Waals surface area contributed by atoms with Crippen LogP contribution in [0.2, 0.25) is 0 Å². The Labute approximate surface area is 200 Å². The van der Waals surface area contributed by atoms with E-state index in [4.69, 9.17) is 9.84 Å². The average molecular weight is 458 g/mol. The van der Waals surface area contributed by atoms with Gasteiger partial charge in [0.2, 0.25) is 0 Å². The van der Waals surface area contributed by atoms with Gasteiger partial charge in [-0.15, -0.1) is 0 Å². The minimum atomic E-state index is 0.142. The Balaban J connectivity index is 1.12. The second-order valence-electron chi connectivity index (χ2n) is 10.1. The number of anilines is 1. The van der Waals surface area contributed by atoms with E-state index < -0.39 is 0 Å². The van der Waals surface area contributed by atoms with Crippen molar-refractivity contribution >= 4 is 16.6 Å². The summed E-state index contributed by atoms with van der Waals surface area (Å²) in [7, 11) is 0. The van der Waals surface area contributed by atoms with E-state index in [0.29, 0.717) is 17.6 Å². The lowest BCUT2D eigenvalue weighted by atomic mass is 10.0. The van der Waals surface area contributed by atoms with E-state index in [1.807, 2.05) is 12.1 Å². The van der Waals surface area contributed by atoms with Gasteiger partial charge in [0, 0.05) is 80.8 Å². The maximum absolute atomic E-state index is 9.48. The third-order valence-corrected chi connectivity index (χ3v) is 7.34. The summed E-state index contributed by atoms with van der Waals surface area (Å²) < 4.78 is 8.53. The van der Waals surface area contributed by atoms with Crippen molar-refractivity contribution in [3.63, 3.8) is 0 Å². The Morgan fingerprint density at radius 1 is 1.18 bits per heavy atom. The van der Waals surface area contributed by atoms with Crippen LogP contribution in [0.15, 0.2) is 36.7 Å². The van der Waals surface area contributed by atoms with Crippen LogP contribution in [-0.4, -0.2) is 70.6 Å². The van der Waals surface area contributed by atoms with Gasteiger partial charge in [0.25, 0.3) is 0 Å². The molecule has 3 atom stereocenters. The maximum atomic E-state index is 9.48. The molecule has 2 saturated heterocycles. The number of nitriles is 1. The SMILES string of the molecule is C[C@@H]1CN(c2ccc(C#N)c3ncccc23)C[C@H](CN2CC(n3cc4c(n3)C[C@H](C)NC4)C2)O1. The van der Waals surface area contributed by atoms with Crippen LogP contribution < -0.4 is 10.2 Å². The van der Waals surface area contributed by atoms with E-state index in [1.54, 1.807) is 6.20 Å². The molecule has 3 aromatic rings. The zero-order chi connectivity index (χ0) is 23.2. The first-order valence-electron chi connectivity index (χ1n) is 12.3. The summed E-state index contributed by atoms with van der Waals surface area (Å²) in [6.45, 7) is 9.91. The summed E-state index contributed by atoms with van der Waals surface area (Å²) in [5, 5.41) is 18.9. The summed E-state index contributed by atoms with van der Waals surface area (Å²) in [6.07, 6.45) is 5.29. The fourth-order valence-corrected chi connectivity index (χ4v) is 5.63. The van der Waals surface area contributed by atoms with Crippen molar-refractivity contribution < 1.29 is 4.74 Å². The van der Waals surface area contributed by atoms with Gasteiger partial charge in [-0.3, -0.25) is 14.6 Å². The average Bonchev–Trinajstić information content (AvgIpc) is 3.22. The molecule has 3 aliphatic heterocycles. The van der Waals surface area contributed by atoms with Crippen molar-refractivity contribution in [3.8, 4) is 6.07 Å². The van der Waals surface area contributed by atoms with Crippen molar-refractivity contribution in [2.75, 3.05) is 37.6 Å². The molecule has 176 valence electrons. The number of nitrogens with zero attached hydrogens (tertiary/aromatic N) is 6. The maximum Gasteiger partial charge on any atom is 0.101 e. The number of benzene rings is 1. The molecule has 8 heteroatoms. The summed E-state index contributed by atoms with van der Waals surface area (Å²) in [4.78, 5) is 9.36. The number of hydrogen-bond acceptors (Lipinski definition) is 7. The molecule has 1 aromatic carbocycles. The molecule has 5 heterocycles. The van der Waals surface area contributed by atoms with Crippen LogP contribution in [0.3, 0.4) is 0 Å². The number of pyridine rings is 1. The number of morpholine rings is 1. The van der Waals surface area contributed by atoms with E-state index in [1.165, 1.54) is 11.3 Å². The first-order valence-corrected chi connectivity index (χ1v) is 12.3. The lowest BCUT2D eigenvalue weighted by molar-refractivity contribution is -0.0489. The topological polar surface area (TPSA) is 82.2 Å². The Bertz CT molecular complexity index is 1240. The van der Waals surface area contributed by atoms with Crippen LogP contribution in [0.25, 0.3) is 10.9 Å². The standard InChI is InChI=1S/C26H31N7O/c1-17-8-24-20(10-29-17)12-33(30-24)21-13-31(14-21)15-22-16-32(11-18(2)34-22)25-6-5-19(9-27)26-23(25)4-3-7-28-26/h3-7,12,17-18,21-22,29H,8,10-11,13-16H2,1-2H3/t17-,18+,22-/m0/s1. The molecular weight excluding hydrogens is 426 g/mol. The molecule has 0 unspecified atom stereocenters. The van der Waals surface area contributed by atoms with Gasteiger partial charge in [0.15, 0.2) is 0 Å². The number of ether oxygens (including phenoxy) is 1. The van der Waals surface area contributed by atoms with Gasteiger partial charge in [0.1, 0.15) is 6.07 Å². The van der Waals surface area contributed by atoms with Crippen molar-refractivity contribution in [2.45, 2.75) is 51.1 Å². The number of aromatic nitrogens is 3. The molecule has 2 aromatic heterocycles. The Hall–Kier alpha value is -2.99. The van der Waals surface area contributed by atoms with Gasteiger partial charge in [-0.05, 0) is 38.1 Å². The van der Waals surface area contributed by atoms with Crippen LogP contribution in [0.5, 0.6) is 0 Å². The molecule has 1 N–H and O–H groups in total. The molecular formula is C26H31N7O. The Morgan fingerprint density at radius 3 is 2.91 bits per heavy atom. The lowest BCUT2D eigenvalue weighted by Crippen LogP contribution is -2.56. The zero-order valence-electron chi connectivity index (χ0n) is 19.8.